The van der Waals surface area contributed by atoms with Crippen LogP contribution in [0, 0.1) is 0 Å². The second-order valence-electron chi connectivity index (χ2n) is 4.94. The summed E-state index contributed by atoms with van der Waals surface area (Å²) in [5.41, 5.74) is 6.66. The fourth-order valence-corrected chi connectivity index (χ4v) is 3.15. The molecule has 0 aliphatic rings. The number of nitrogens with two attached hydrogens (primary N) is 1. The van der Waals surface area contributed by atoms with E-state index in [1.165, 1.54) is 4.88 Å². The Balaban J connectivity index is 2.05. The molecule has 21 heavy (non-hydrogen) atoms. The Morgan fingerprint density at radius 1 is 1.43 bits per heavy atom. The van der Waals surface area contributed by atoms with E-state index in [-0.39, 0.29) is 11.9 Å². The summed E-state index contributed by atoms with van der Waals surface area (Å²) in [5.74, 6) is -0.187. The third kappa shape index (κ3) is 3.97. The summed E-state index contributed by atoms with van der Waals surface area (Å²) in [7, 11) is 3.99. The highest BCUT2D eigenvalue weighted by Crippen LogP contribution is 2.23. The normalized spacial score (nSPS) is 12.4. The van der Waals surface area contributed by atoms with Crippen molar-refractivity contribution in [2.75, 3.05) is 26.4 Å². The molecule has 2 aromatic rings. The fourth-order valence-electron chi connectivity index (χ4n) is 2.04. The van der Waals surface area contributed by atoms with Crippen molar-refractivity contribution in [1.82, 2.24) is 10.2 Å². The van der Waals surface area contributed by atoms with Gasteiger partial charge in [-0.2, -0.15) is 0 Å². The van der Waals surface area contributed by atoms with E-state index in [9.17, 15) is 4.79 Å². The second kappa shape index (κ2) is 6.93. The van der Waals surface area contributed by atoms with Crippen molar-refractivity contribution < 1.29 is 4.79 Å². The molecule has 1 atom stereocenters. The zero-order valence-corrected chi connectivity index (χ0v) is 13.5. The molecule has 6 heteroatoms. The van der Waals surface area contributed by atoms with Crippen LogP contribution < -0.4 is 11.1 Å². The molecule has 2 rings (SSSR count). The number of hydrogen-bond acceptors (Lipinski definition) is 4. The maximum absolute atomic E-state index is 12.2. The number of thiophene rings is 1. The van der Waals surface area contributed by atoms with E-state index < -0.39 is 0 Å². The lowest BCUT2D eigenvalue weighted by Crippen LogP contribution is -2.34. The number of nitrogen functional groups attached to an aromatic ring is 1. The molecule has 0 radical (unpaired) electrons. The lowest BCUT2D eigenvalue weighted by atomic mass is 10.1. The Labute approximate surface area is 133 Å². The third-order valence-corrected chi connectivity index (χ3v) is 4.42. The maximum atomic E-state index is 12.2. The molecule has 3 N–H and O–H groups in total. The minimum Gasteiger partial charge on any atom is -0.398 e. The van der Waals surface area contributed by atoms with E-state index in [0.29, 0.717) is 22.8 Å². The van der Waals surface area contributed by atoms with Crippen LogP contribution in [0.15, 0.2) is 35.7 Å². The number of halogens is 1. The van der Waals surface area contributed by atoms with Crippen LogP contribution in [0.5, 0.6) is 0 Å². The molecule has 0 spiro atoms. The van der Waals surface area contributed by atoms with Crippen molar-refractivity contribution in [3.63, 3.8) is 0 Å². The van der Waals surface area contributed by atoms with Crippen LogP contribution in [0.4, 0.5) is 5.69 Å². The van der Waals surface area contributed by atoms with Crippen LogP contribution in [-0.2, 0) is 0 Å². The Bertz CT molecular complexity index is 613. The molecule has 4 nitrogen and oxygen atoms in total. The molecule has 1 heterocycles. The SMILES string of the molecule is CN(C)C(CNC(=O)c1ccc(Cl)cc1N)c1cccs1. The van der Waals surface area contributed by atoms with Crippen LogP contribution in [-0.4, -0.2) is 31.4 Å². The summed E-state index contributed by atoms with van der Waals surface area (Å²) in [5, 5.41) is 5.49. The van der Waals surface area contributed by atoms with Crippen molar-refractivity contribution >= 4 is 34.5 Å². The van der Waals surface area contributed by atoms with Crippen molar-refractivity contribution in [3.05, 3.63) is 51.2 Å². The van der Waals surface area contributed by atoms with Crippen LogP contribution in [0.1, 0.15) is 21.3 Å². The van der Waals surface area contributed by atoms with E-state index in [2.05, 4.69) is 16.3 Å². The van der Waals surface area contributed by atoms with Gasteiger partial charge < -0.3 is 16.0 Å². The second-order valence-corrected chi connectivity index (χ2v) is 6.35. The van der Waals surface area contributed by atoms with Gasteiger partial charge in [-0.1, -0.05) is 17.7 Å². The summed E-state index contributed by atoms with van der Waals surface area (Å²) >= 11 is 7.52. The monoisotopic (exact) mass is 323 g/mol. The van der Waals surface area contributed by atoms with E-state index in [4.69, 9.17) is 17.3 Å². The molecule has 0 aliphatic carbocycles. The first-order chi connectivity index (χ1) is 9.99. The minimum absolute atomic E-state index is 0.141. The van der Waals surface area contributed by atoms with Gasteiger partial charge in [0.05, 0.1) is 11.6 Å². The third-order valence-electron chi connectivity index (χ3n) is 3.21. The van der Waals surface area contributed by atoms with Gasteiger partial charge in [0, 0.05) is 22.1 Å². The topological polar surface area (TPSA) is 58.4 Å². The number of hydrogen-bond donors (Lipinski definition) is 2. The molecule has 1 amide bonds. The van der Waals surface area contributed by atoms with Gasteiger partial charge in [-0.15, -0.1) is 11.3 Å². The van der Waals surface area contributed by atoms with Gasteiger partial charge in [0.15, 0.2) is 0 Å². The van der Waals surface area contributed by atoms with Gasteiger partial charge in [-0.3, -0.25) is 4.79 Å². The molecule has 0 saturated carbocycles. The van der Waals surface area contributed by atoms with E-state index in [1.807, 2.05) is 25.5 Å². The van der Waals surface area contributed by atoms with Crippen LogP contribution in [0.25, 0.3) is 0 Å². The average molecular weight is 324 g/mol. The Morgan fingerprint density at radius 3 is 2.76 bits per heavy atom. The standard InChI is InChI=1S/C15H18ClN3OS/c1-19(2)13(14-4-3-7-21-14)9-18-15(20)11-6-5-10(16)8-12(11)17/h3-8,13H,9,17H2,1-2H3,(H,18,20). The smallest absolute Gasteiger partial charge is 0.253 e. The first-order valence-corrected chi connectivity index (χ1v) is 7.78. The molecular formula is C15H18ClN3OS. The van der Waals surface area contributed by atoms with Gasteiger partial charge >= 0.3 is 0 Å². The zero-order valence-electron chi connectivity index (χ0n) is 12.0. The van der Waals surface area contributed by atoms with E-state index in [0.717, 1.165) is 0 Å². The number of anilines is 1. The predicted molar refractivity (Wildman–Crippen MR) is 88.9 cm³/mol. The first kappa shape index (κ1) is 15.8. The maximum Gasteiger partial charge on any atom is 0.253 e. The summed E-state index contributed by atoms with van der Waals surface area (Å²) in [6.45, 7) is 0.522. The fraction of sp³-hybridized carbons (Fsp3) is 0.267. The highest BCUT2D eigenvalue weighted by Gasteiger charge is 2.17. The summed E-state index contributed by atoms with van der Waals surface area (Å²) in [6, 6.07) is 9.10. The van der Waals surface area contributed by atoms with Gasteiger partial charge in [-0.25, -0.2) is 0 Å². The molecule has 1 aromatic carbocycles. The number of nitrogens with one attached hydrogen (secondary N) is 1. The average Bonchev–Trinajstić information content (AvgIpc) is 2.92. The van der Waals surface area contributed by atoms with Crippen LogP contribution >= 0.6 is 22.9 Å². The van der Waals surface area contributed by atoms with E-state index >= 15 is 0 Å². The number of carbonyl (C=O) groups excluding carboxylic acids is 1. The van der Waals surface area contributed by atoms with Gasteiger partial charge in [-0.05, 0) is 43.7 Å². The van der Waals surface area contributed by atoms with Gasteiger partial charge in [0.25, 0.3) is 5.91 Å². The van der Waals surface area contributed by atoms with Crippen molar-refractivity contribution in [2.24, 2.45) is 0 Å². The number of benzene rings is 1. The Hall–Kier alpha value is -1.56. The predicted octanol–water partition coefficient (Wildman–Crippen LogP) is 3.02. The summed E-state index contributed by atoms with van der Waals surface area (Å²) in [4.78, 5) is 15.5. The summed E-state index contributed by atoms with van der Waals surface area (Å²) < 4.78 is 0. The molecular weight excluding hydrogens is 306 g/mol. The van der Waals surface area contributed by atoms with Crippen molar-refractivity contribution in [1.29, 1.82) is 0 Å². The largest absolute Gasteiger partial charge is 0.398 e. The Morgan fingerprint density at radius 2 is 2.19 bits per heavy atom. The summed E-state index contributed by atoms with van der Waals surface area (Å²) in [6.07, 6.45) is 0. The van der Waals surface area contributed by atoms with Crippen LogP contribution in [0.2, 0.25) is 5.02 Å². The van der Waals surface area contributed by atoms with Gasteiger partial charge in [0.2, 0.25) is 0 Å². The van der Waals surface area contributed by atoms with Crippen molar-refractivity contribution in [2.45, 2.75) is 6.04 Å². The zero-order chi connectivity index (χ0) is 15.4. The molecule has 1 aromatic heterocycles. The van der Waals surface area contributed by atoms with Crippen molar-refractivity contribution in [3.8, 4) is 0 Å². The highest BCUT2D eigenvalue weighted by atomic mass is 35.5. The molecule has 0 saturated heterocycles. The number of carbonyl (C=O) groups is 1. The highest BCUT2D eigenvalue weighted by molar-refractivity contribution is 7.10. The number of likely N-dealkylation sites (N-methyl/N-ethyl adjacent to an activating group) is 1. The molecule has 0 aliphatic heterocycles. The van der Waals surface area contributed by atoms with Crippen LogP contribution in [0.3, 0.4) is 0 Å². The molecule has 0 fully saturated rings. The molecule has 0 bridgehead atoms. The van der Waals surface area contributed by atoms with Gasteiger partial charge in [0.1, 0.15) is 0 Å². The first-order valence-electron chi connectivity index (χ1n) is 6.52. The number of rotatable bonds is 5. The lowest BCUT2D eigenvalue weighted by Gasteiger charge is -2.23. The minimum atomic E-state index is -0.187. The molecule has 1 unspecified atom stereocenters. The van der Waals surface area contributed by atoms with E-state index in [1.54, 1.807) is 29.5 Å². The quantitative estimate of drug-likeness (QED) is 0.832. The number of nitrogens with zero attached hydrogens (tertiary/aromatic N) is 1. The number of amides is 1. The lowest BCUT2D eigenvalue weighted by molar-refractivity contribution is 0.0943. The molecule has 112 valence electrons. The Kier molecular flexibility index (Phi) is 5.22.